The van der Waals surface area contributed by atoms with Crippen LogP contribution in [0.2, 0.25) is 0 Å². The van der Waals surface area contributed by atoms with Crippen LogP contribution in [0, 0.1) is 0 Å². The quantitative estimate of drug-likeness (QED) is 0.838. The zero-order valence-corrected chi connectivity index (χ0v) is 16.8. The highest BCUT2D eigenvalue weighted by molar-refractivity contribution is 6.04. The van der Waals surface area contributed by atoms with Gasteiger partial charge in [-0.1, -0.05) is 39.0 Å². The fraction of sp³-hybridized carbons (Fsp3) is 0.435. The van der Waals surface area contributed by atoms with Crippen LogP contribution in [0.5, 0.6) is 0 Å². The average Bonchev–Trinajstić information content (AvgIpc) is 2.65. The van der Waals surface area contributed by atoms with Crippen LogP contribution in [0.1, 0.15) is 48.7 Å². The van der Waals surface area contributed by atoms with E-state index in [2.05, 4.69) is 43.1 Å². The van der Waals surface area contributed by atoms with E-state index in [1.807, 2.05) is 30.3 Å². The molecule has 4 nitrogen and oxygen atoms in total. The summed E-state index contributed by atoms with van der Waals surface area (Å²) in [5.41, 5.74) is 5.37. The molecule has 1 N–H and O–H groups in total. The summed E-state index contributed by atoms with van der Waals surface area (Å²) in [5, 5.41) is 3.05. The smallest absolute Gasteiger partial charge is 0.255 e. The van der Waals surface area contributed by atoms with Gasteiger partial charge in [0, 0.05) is 37.1 Å². The lowest BCUT2D eigenvalue weighted by Gasteiger charge is -2.31. The monoisotopic (exact) mass is 366 g/mol. The second-order valence-corrected chi connectivity index (χ2v) is 8.21. The first-order valence-electron chi connectivity index (χ1n) is 9.67. The molecule has 0 aliphatic carbocycles. The summed E-state index contributed by atoms with van der Waals surface area (Å²) in [6, 6.07) is 14.1. The Morgan fingerprint density at radius 3 is 2.56 bits per heavy atom. The molecule has 2 aromatic rings. The predicted octanol–water partition coefficient (Wildman–Crippen LogP) is 4.64. The molecule has 0 unspecified atom stereocenters. The number of carbonyl (C=O) groups excluding carboxylic acids is 1. The number of hydrogen-bond acceptors (Lipinski definition) is 3. The van der Waals surface area contributed by atoms with Crippen molar-refractivity contribution in [2.24, 2.45) is 0 Å². The van der Waals surface area contributed by atoms with E-state index in [9.17, 15) is 4.79 Å². The van der Waals surface area contributed by atoms with Gasteiger partial charge in [0.25, 0.3) is 5.91 Å². The molecule has 0 spiro atoms. The Balaban J connectivity index is 1.75. The van der Waals surface area contributed by atoms with Gasteiger partial charge in [0.1, 0.15) is 0 Å². The second kappa shape index (κ2) is 8.13. The number of nitrogens with zero attached hydrogens (tertiary/aromatic N) is 1. The van der Waals surface area contributed by atoms with Gasteiger partial charge in [-0.15, -0.1) is 0 Å². The van der Waals surface area contributed by atoms with Crippen molar-refractivity contribution in [1.82, 2.24) is 0 Å². The van der Waals surface area contributed by atoms with E-state index in [1.54, 1.807) is 7.11 Å². The van der Waals surface area contributed by atoms with Crippen molar-refractivity contribution in [3.05, 3.63) is 59.2 Å². The number of anilines is 2. The van der Waals surface area contributed by atoms with E-state index < -0.39 is 0 Å². The number of methoxy groups -OCH3 is 1. The fourth-order valence-corrected chi connectivity index (χ4v) is 3.49. The molecule has 0 saturated carbocycles. The maximum Gasteiger partial charge on any atom is 0.255 e. The number of fused-ring (bicyclic) bond motifs is 1. The molecule has 2 aromatic carbocycles. The number of carbonyl (C=O) groups is 1. The van der Waals surface area contributed by atoms with Crippen molar-refractivity contribution < 1.29 is 9.53 Å². The van der Waals surface area contributed by atoms with Crippen LogP contribution in [0.4, 0.5) is 11.4 Å². The largest absolute Gasteiger partial charge is 0.383 e. The minimum atomic E-state index is -0.0744. The van der Waals surface area contributed by atoms with Gasteiger partial charge in [-0.3, -0.25) is 4.79 Å². The van der Waals surface area contributed by atoms with Gasteiger partial charge >= 0.3 is 0 Å². The van der Waals surface area contributed by atoms with Crippen LogP contribution in [0.25, 0.3) is 0 Å². The summed E-state index contributed by atoms with van der Waals surface area (Å²) in [6.45, 7) is 9.12. The van der Waals surface area contributed by atoms with Crippen LogP contribution in [-0.4, -0.2) is 32.7 Å². The van der Waals surface area contributed by atoms with E-state index in [0.29, 0.717) is 12.2 Å². The molecule has 0 saturated heterocycles. The van der Waals surface area contributed by atoms with E-state index in [1.165, 1.54) is 16.8 Å². The molecule has 0 fully saturated rings. The van der Waals surface area contributed by atoms with Crippen molar-refractivity contribution in [2.45, 2.75) is 39.0 Å². The van der Waals surface area contributed by atoms with Crippen molar-refractivity contribution in [3.8, 4) is 0 Å². The number of nitrogens with one attached hydrogen (secondary N) is 1. The fourth-order valence-electron chi connectivity index (χ4n) is 3.49. The van der Waals surface area contributed by atoms with Gasteiger partial charge in [-0.2, -0.15) is 0 Å². The Morgan fingerprint density at radius 2 is 1.89 bits per heavy atom. The third-order valence-corrected chi connectivity index (χ3v) is 5.14. The lowest BCUT2D eigenvalue weighted by atomic mass is 9.87. The number of ether oxygens (including phenoxy) is 1. The molecular weight excluding hydrogens is 336 g/mol. The molecule has 1 heterocycles. The molecule has 0 radical (unpaired) electrons. The first-order valence-corrected chi connectivity index (χ1v) is 9.67. The van der Waals surface area contributed by atoms with Gasteiger partial charge < -0.3 is 15.0 Å². The maximum absolute atomic E-state index is 12.7. The summed E-state index contributed by atoms with van der Waals surface area (Å²) in [5.74, 6) is -0.0744. The van der Waals surface area contributed by atoms with Crippen molar-refractivity contribution in [1.29, 1.82) is 0 Å². The summed E-state index contributed by atoms with van der Waals surface area (Å²) < 4.78 is 5.23. The summed E-state index contributed by atoms with van der Waals surface area (Å²) >= 11 is 0. The summed E-state index contributed by atoms with van der Waals surface area (Å²) in [6.07, 6.45) is 2.24. The van der Waals surface area contributed by atoms with E-state index in [0.717, 1.165) is 31.6 Å². The van der Waals surface area contributed by atoms with Crippen LogP contribution >= 0.6 is 0 Å². The van der Waals surface area contributed by atoms with Crippen molar-refractivity contribution >= 4 is 17.3 Å². The molecule has 0 aromatic heterocycles. The second-order valence-electron chi connectivity index (χ2n) is 8.21. The van der Waals surface area contributed by atoms with Crippen LogP contribution in [-0.2, 0) is 16.6 Å². The van der Waals surface area contributed by atoms with Crippen LogP contribution < -0.4 is 10.2 Å². The molecule has 144 valence electrons. The number of rotatable bonds is 5. The number of aryl methyl sites for hydroxylation is 1. The summed E-state index contributed by atoms with van der Waals surface area (Å²) in [4.78, 5) is 15.0. The van der Waals surface area contributed by atoms with Gasteiger partial charge in [0.15, 0.2) is 0 Å². The van der Waals surface area contributed by atoms with E-state index >= 15 is 0 Å². The molecule has 4 heteroatoms. The van der Waals surface area contributed by atoms with Gasteiger partial charge in [-0.25, -0.2) is 0 Å². The highest BCUT2D eigenvalue weighted by Crippen LogP contribution is 2.30. The lowest BCUT2D eigenvalue weighted by molar-refractivity contribution is 0.102. The molecule has 3 rings (SSSR count). The summed E-state index contributed by atoms with van der Waals surface area (Å²) in [7, 11) is 1.73. The molecule has 27 heavy (non-hydrogen) atoms. The molecular formula is C23H30N2O2. The Labute approximate surface area is 162 Å². The first-order chi connectivity index (χ1) is 12.9. The maximum atomic E-state index is 12.7. The first kappa shape index (κ1) is 19.4. The minimum Gasteiger partial charge on any atom is -0.383 e. The molecule has 1 aliphatic rings. The molecule has 0 bridgehead atoms. The zero-order valence-electron chi connectivity index (χ0n) is 16.8. The zero-order chi connectivity index (χ0) is 19.4. The minimum absolute atomic E-state index is 0.0744. The van der Waals surface area contributed by atoms with Crippen LogP contribution in [0.15, 0.2) is 42.5 Å². The third-order valence-electron chi connectivity index (χ3n) is 5.14. The highest BCUT2D eigenvalue weighted by Gasteiger charge is 2.18. The highest BCUT2D eigenvalue weighted by atomic mass is 16.5. The van der Waals surface area contributed by atoms with Crippen molar-refractivity contribution in [2.75, 3.05) is 37.0 Å². The molecule has 1 aliphatic heterocycles. The Kier molecular flexibility index (Phi) is 5.85. The molecule has 0 atom stereocenters. The standard InChI is InChI=1S/C23H30N2O2/c1-23(2,3)19-10-7-18(8-11-19)22(26)24-20-12-9-17-6-5-13-25(14-15-27-4)21(17)16-20/h7-12,16H,5-6,13-15H2,1-4H3,(H,24,26). The lowest BCUT2D eigenvalue weighted by Crippen LogP contribution is -2.32. The Hall–Kier alpha value is -2.33. The number of benzene rings is 2. The SMILES string of the molecule is COCCN1CCCc2ccc(NC(=O)c3ccc(C(C)(C)C)cc3)cc21. The Morgan fingerprint density at radius 1 is 1.15 bits per heavy atom. The topological polar surface area (TPSA) is 41.6 Å². The van der Waals surface area contributed by atoms with Gasteiger partial charge in [-0.05, 0) is 53.6 Å². The van der Waals surface area contributed by atoms with Crippen molar-refractivity contribution in [3.63, 3.8) is 0 Å². The van der Waals surface area contributed by atoms with Gasteiger partial charge in [0.2, 0.25) is 0 Å². The number of hydrogen-bond donors (Lipinski definition) is 1. The van der Waals surface area contributed by atoms with E-state index in [4.69, 9.17) is 4.74 Å². The predicted molar refractivity (Wildman–Crippen MR) is 112 cm³/mol. The Bertz CT molecular complexity index is 791. The molecule has 1 amide bonds. The number of amides is 1. The van der Waals surface area contributed by atoms with Gasteiger partial charge in [0.05, 0.1) is 6.61 Å². The third kappa shape index (κ3) is 4.69. The van der Waals surface area contributed by atoms with Crippen LogP contribution in [0.3, 0.4) is 0 Å². The normalized spacial score (nSPS) is 14.0. The average molecular weight is 367 g/mol. The van der Waals surface area contributed by atoms with E-state index in [-0.39, 0.29) is 11.3 Å².